The molecule has 3 nitrogen and oxygen atoms in total. The molecule has 1 atom stereocenters. The van der Waals surface area contributed by atoms with E-state index in [0.29, 0.717) is 6.42 Å². The van der Waals surface area contributed by atoms with Crippen LogP contribution >= 0.6 is 0 Å². The molecule has 0 radical (unpaired) electrons. The van der Waals surface area contributed by atoms with Gasteiger partial charge in [-0.1, -0.05) is 83.3 Å². The van der Waals surface area contributed by atoms with Crippen molar-refractivity contribution in [2.24, 2.45) is 5.92 Å². The van der Waals surface area contributed by atoms with Gasteiger partial charge in [-0.05, 0) is 32.1 Å². The Kier molecular flexibility index (Phi) is 18.3. The zero-order chi connectivity index (χ0) is 18.6. The SMILES string of the molecule is CCCCCCCCCC(C=O)CC=CCCCCCCCC(=O)O. The second-order valence-corrected chi connectivity index (χ2v) is 7.21. The fourth-order valence-electron chi connectivity index (χ4n) is 3.06. The molecule has 25 heavy (non-hydrogen) atoms. The van der Waals surface area contributed by atoms with Gasteiger partial charge in [0.1, 0.15) is 6.29 Å². The average molecular weight is 353 g/mol. The van der Waals surface area contributed by atoms with Crippen molar-refractivity contribution in [1.82, 2.24) is 0 Å². The van der Waals surface area contributed by atoms with Crippen molar-refractivity contribution in [3.63, 3.8) is 0 Å². The fraction of sp³-hybridized carbons (Fsp3) is 0.818. The minimum absolute atomic E-state index is 0.197. The van der Waals surface area contributed by atoms with Crippen molar-refractivity contribution in [1.29, 1.82) is 0 Å². The third kappa shape index (κ3) is 19.1. The number of carboxylic acid groups (broad SMARTS) is 1. The highest BCUT2D eigenvalue weighted by Crippen LogP contribution is 2.15. The number of hydrogen-bond donors (Lipinski definition) is 1. The molecular formula is C22H40O3. The molecule has 0 spiro atoms. The van der Waals surface area contributed by atoms with Gasteiger partial charge in [0, 0.05) is 12.3 Å². The number of aldehydes is 1. The van der Waals surface area contributed by atoms with Crippen molar-refractivity contribution >= 4 is 12.3 Å². The van der Waals surface area contributed by atoms with Crippen molar-refractivity contribution < 1.29 is 14.7 Å². The van der Waals surface area contributed by atoms with E-state index in [1.807, 2.05) is 0 Å². The van der Waals surface area contributed by atoms with Crippen LogP contribution in [0.3, 0.4) is 0 Å². The monoisotopic (exact) mass is 352 g/mol. The van der Waals surface area contributed by atoms with E-state index < -0.39 is 5.97 Å². The van der Waals surface area contributed by atoms with E-state index in [2.05, 4.69) is 19.1 Å². The first-order valence-electron chi connectivity index (χ1n) is 10.5. The van der Waals surface area contributed by atoms with Gasteiger partial charge in [-0.2, -0.15) is 0 Å². The molecule has 0 aromatic carbocycles. The molecule has 0 aliphatic heterocycles. The van der Waals surface area contributed by atoms with Gasteiger partial charge in [-0.25, -0.2) is 0 Å². The van der Waals surface area contributed by atoms with Crippen LogP contribution in [-0.4, -0.2) is 17.4 Å². The summed E-state index contributed by atoms with van der Waals surface area (Å²) in [5.74, 6) is -0.493. The highest BCUT2D eigenvalue weighted by atomic mass is 16.4. The first kappa shape index (κ1) is 23.9. The largest absolute Gasteiger partial charge is 0.481 e. The molecule has 146 valence electrons. The van der Waals surface area contributed by atoms with Crippen LogP contribution in [0, 0.1) is 5.92 Å². The van der Waals surface area contributed by atoms with Crippen LogP contribution in [0.1, 0.15) is 110 Å². The van der Waals surface area contributed by atoms with Gasteiger partial charge in [0.2, 0.25) is 0 Å². The molecule has 0 aliphatic rings. The molecular weight excluding hydrogens is 312 g/mol. The Morgan fingerprint density at radius 2 is 1.44 bits per heavy atom. The van der Waals surface area contributed by atoms with Gasteiger partial charge in [0.15, 0.2) is 0 Å². The minimum atomic E-state index is -0.691. The van der Waals surface area contributed by atoms with E-state index in [1.165, 1.54) is 51.4 Å². The van der Waals surface area contributed by atoms with E-state index in [9.17, 15) is 9.59 Å². The summed E-state index contributed by atoms with van der Waals surface area (Å²) >= 11 is 0. The Bertz CT molecular complexity index is 336. The summed E-state index contributed by atoms with van der Waals surface area (Å²) in [6.45, 7) is 2.24. The number of allylic oxidation sites excluding steroid dienone is 2. The summed E-state index contributed by atoms with van der Waals surface area (Å²) < 4.78 is 0. The smallest absolute Gasteiger partial charge is 0.303 e. The Hall–Kier alpha value is -1.12. The lowest BCUT2D eigenvalue weighted by molar-refractivity contribution is -0.137. The Morgan fingerprint density at radius 1 is 0.840 bits per heavy atom. The average Bonchev–Trinajstić information content (AvgIpc) is 2.60. The van der Waals surface area contributed by atoms with Gasteiger partial charge in [0.05, 0.1) is 0 Å². The van der Waals surface area contributed by atoms with Crippen LogP contribution in [0.25, 0.3) is 0 Å². The normalized spacial score (nSPS) is 12.5. The molecule has 0 aromatic rings. The molecule has 1 unspecified atom stereocenters. The molecule has 1 N–H and O–H groups in total. The number of carbonyl (C=O) groups is 2. The number of aliphatic carboxylic acids is 1. The van der Waals surface area contributed by atoms with Crippen LogP contribution in [0.2, 0.25) is 0 Å². The van der Waals surface area contributed by atoms with Crippen LogP contribution in [-0.2, 0) is 9.59 Å². The van der Waals surface area contributed by atoms with E-state index in [0.717, 1.165) is 51.2 Å². The number of carbonyl (C=O) groups excluding carboxylic acids is 1. The summed E-state index contributed by atoms with van der Waals surface area (Å²) in [5.41, 5.74) is 0. The van der Waals surface area contributed by atoms with Gasteiger partial charge in [-0.15, -0.1) is 0 Å². The maximum atomic E-state index is 11.1. The molecule has 0 saturated carbocycles. The number of carboxylic acids is 1. The standard InChI is InChI=1S/C22H40O3/c1-2-3-4-5-8-11-14-17-21(20-23)18-15-12-9-6-7-10-13-16-19-22(24)25/h12,15,20-21H,2-11,13-14,16-19H2,1H3,(H,24,25). The van der Waals surface area contributed by atoms with Gasteiger partial charge in [0.25, 0.3) is 0 Å². The fourth-order valence-corrected chi connectivity index (χ4v) is 3.06. The third-order valence-corrected chi connectivity index (χ3v) is 4.74. The maximum Gasteiger partial charge on any atom is 0.303 e. The predicted molar refractivity (Wildman–Crippen MR) is 106 cm³/mol. The minimum Gasteiger partial charge on any atom is -0.481 e. The molecule has 0 saturated heterocycles. The highest BCUT2D eigenvalue weighted by molar-refractivity contribution is 5.66. The second-order valence-electron chi connectivity index (χ2n) is 7.21. The molecule has 0 amide bonds. The molecule has 0 aromatic heterocycles. The van der Waals surface area contributed by atoms with Crippen molar-refractivity contribution in [2.45, 2.75) is 110 Å². The Balaban J connectivity index is 3.44. The van der Waals surface area contributed by atoms with Crippen LogP contribution in [0.4, 0.5) is 0 Å². The Morgan fingerprint density at radius 3 is 2.08 bits per heavy atom. The molecule has 0 fully saturated rings. The lowest BCUT2D eigenvalue weighted by atomic mass is 9.98. The van der Waals surface area contributed by atoms with Gasteiger partial charge >= 0.3 is 5.97 Å². The van der Waals surface area contributed by atoms with Crippen LogP contribution < -0.4 is 0 Å². The van der Waals surface area contributed by atoms with Crippen molar-refractivity contribution in [2.75, 3.05) is 0 Å². The van der Waals surface area contributed by atoms with E-state index >= 15 is 0 Å². The van der Waals surface area contributed by atoms with Crippen LogP contribution in [0.5, 0.6) is 0 Å². The number of hydrogen-bond acceptors (Lipinski definition) is 2. The quantitative estimate of drug-likeness (QED) is 0.160. The lowest BCUT2D eigenvalue weighted by Crippen LogP contribution is -2.00. The van der Waals surface area contributed by atoms with Crippen molar-refractivity contribution in [3.8, 4) is 0 Å². The maximum absolute atomic E-state index is 11.1. The van der Waals surface area contributed by atoms with Crippen molar-refractivity contribution in [3.05, 3.63) is 12.2 Å². The second kappa shape index (κ2) is 19.2. The van der Waals surface area contributed by atoms with Gasteiger partial charge in [-0.3, -0.25) is 4.79 Å². The van der Waals surface area contributed by atoms with Gasteiger partial charge < -0.3 is 9.90 Å². The third-order valence-electron chi connectivity index (χ3n) is 4.74. The molecule has 0 heterocycles. The zero-order valence-corrected chi connectivity index (χ0v) is 16.4. The lowest BCUT2D eigenvalue weighted by Gasteiger charge is -2.07. The topological polar surface area (TPSA) is 54.4 Å². The summed E-state index contributed by atoms with van der Waals surface area (Å²) in [6.07, 6.45) is 23.2. The van der Waals surface area contributed by atoms with E-state index in [1.54, 1.807) is 0 Å². The number of rotatable bonds is 19. The van der Waals surface area contributed by atoms with E-state index in [-0.39, 0.29) is 5.92 Å². The predicted octanol–water partition coefficient (Wildman–Crippen LogP) is 6.70. The Labute approximate surface area is 155 Å². The first-order valence-corrected chi connectivity index (χ1v) is 10.5. The zero-order valence-electron chi connectivity index (χ0n) is 16.4. The highest BCUT2D eigenvalue weighted by Gasteiger charge is 2.04. The first-order chi connectivity index (χ1) is 12.2. The summed E-state index contributed by atoms with van der Waals surface area (Å²) in [5, 5.41) is 8.56. The van der Waals surface area contributed by atoms with Crippen LogP contribution in [0.15, 0.2) is 12.2 Å². The van der Waals surface area contributed by atoms with E-state index in [4.69, 9.17) is 5.11 Å². The molecule has 3 heteroatoms. The summed E-state index contributed by atoms with van der Waals surface area (Å²) in [4.78, 5) is 21.5. The molecule has 0 bridgehead atoms. The molecule has 0 aliphatic carbocycles. The molecule has 0 rings (SSSR count). The summed E-state index contributed by atoms with van der Waals surface area (Å²) in [6, 6.07) is 0. The summed E-state index contributed by atoms with van der Waals surface area (Å²) in [7, 11) is 0. The number of unbranched alkanes of at least 4 members (excludes halogenated alkanes) is 11.